The van der Waals surface area contributed by atoms with Crippen LogP contribution in [0.3, 0.4) is 0 Å². The summed E-state index contributed by atoms with van der Waals surface area (Å²) in [5.74, 6) is 0. The van der Waals surface area contributed by atoms with Crippen LogP contribution >= 0.6 is 0 Å². The first-order chi connectivity index (χ1) is 12.2. The number of fused-ring (bicyclic) bond motifs is 3. The van der Waals surface area contributed by atoms with Crippen LogP contribution in [0.1, 0.15) is 25.7 Å². The second-order valence-electron chi connectivity index (χ2n) is 6.74. The zero-order valence-electron chi connectivity index (χ0n) is 14.9. The van der Waals surface area contributed by atoms with E-state index < -0.39 is 31.8 Å². The molecule has 0 unspecified atom stereocenters. The molecule has 1 aromatic rings. The minimum atomic E-state index is -3.06. The van der Waals surface area contributed by atoms with Crippen LogP contribution in [0.4, 0.5) is 0 Å². The average Bonchev–Trinajstić information content (AvgIpc) is 3.08. The molecule has 0 amide bonds. The van der Waals surface area contributed by atoms with Crippen LogP contribution < -0.4 is 0 Å². The van der Waals surface area contributed by atoms with Gasteiger partial charge in [-0.05, 0) is 0 Å². The van der Waals surface area contributed by atoms with E-state index in [0.717, 1.165) is 14.4 Å². The minimum absolute atomic E-state index is 0.144. The summed E-state index contributed by atoms with van der Waals surface area (Å²) in [5.41, 5.74) is 1.01. The predicted molar refractivity (Wildman–Crippen MR) is 92.1 cm³/mol. The van der Waals surface area contributed by atoms with E-state index in [9.17, 15) is 0 Å². The summed E-state index contributed by atoms with van der Waals surface area (Å²) < 4.78 is 38.8. The monoisotopic (exact) mass is 458 g/mol. The Morgan fingerprint density at radius 2 is 1.72 bits per heavy atom. The van der Waals surface area contributed by atoms with Crippen molar-refractivity contribution in [2.24, 2.45) is 0 Å². The molecule has 138 valence electrons. The Kier molecular flexibility index (Phi) is 5.39. The van der Waals surface area contributed by atoms with Crippen molar-refractivity contribution < 1.29 is 25.1 Å². The standard InChI is InChI=1S/C14H16O6.2C2H5.Sn/c1-17-14-11(16)10(15)12-9(19-14)7-18-13(20-12)8-5-3-2-4-6-8;2*1-2;/h2-6,9-14H,7H2,1H3;2*1H2,2H3;/q-2;;;+2/t9-,10-,11+,12+,13+,14-;;;/m1.../s1. The molecule has 3 saturated heterocycles. The van der Waals surface area contributed by atoms with Crippen molar-refractivity contribution in [3.63, 3.8) is 0 Å². The molecule has 0 spiro atoms. The van der Waals surface area contributed by atoms with Gasteiger partial charge in [0.2, 0.25) is 0 Å². The second-order valence-corrected chi connectivity index (χ2v) is 17.3. The molecule has 25 heavy (non-hydrogen) atoms. The Labute approximate surface area is 153 Å². The van der Waals surface area contributed by atoms with E-state index >= 15 is 0 Å². The number of benzene rings is 1. The molecule has 0 aromatic heterocycles. The van der Waals surface area contributed by atoms with E-state index in [-0.39, 0.29) is 24.4 Å². The van der Waals surface area contributed by atoms with Gasteiger partial charge >= 0.3 is 154 Å². The fourth-order valence-electron chi connectivity index (χ4n) is 3.88. The van der Waals surface area contributed by atoms with E-state index in [1.165, 1.54) is 0 Å². The summed E-state index contributed by atoms with van der Waals surface area (Å²) in [7, 11) is 1.65. The van der Waals surface area contributed by atoms with Gasteiger partial charge < -0.3 is 0 Å². The normalized spacial score (nSPS) is 39.6. The molecular formula is C18H26O6Sn. The van der Waals surface area contributed by atoms with Gasteiger partial charge in [-0.1, -0.05) is 0 Å². The molecule has 3 fully saturated rings. The molecule has 3 heterocycles. The van der Waals surface area contributed by atoms with Crippen molar-refractivity contribution in [2.75, 3.05) is 13.7 Å². The quantitative estimate of drug-likeness (QED) is 0.649. The summed E-state index contributed by atoms with van der Waals surface area (Å²) in [6, 6.07) is 9.98. The Balaban J connectivity index is 1.58. The number of hydrogen-bond donors (Lipinski definition) is 0. The third kappa shape index (κ3) is 3.26. The summed E-state index contributed by atoms with van der Waals surface area (Å²) in [6.45, 7) is 4.78. The van der Waals surface area contributed by atoms with Crippen LogP contribution in [0.15, 0.2) is 30.3 Å². The van der Waals surface area contributed by atoms with Gasteiger partial charge in [-0.3, -0.25) is 0 Å². The van der Waals surface area contributed by atoms with Crippen LogP contribution in [-0.4, -0.2) is 63.6 Å². The fraction of sp³-hybridized carbons (Fsp3) is 0.667. The van der Waals surface area contributed by atoms with Crippen LogP contribution in [-0.2, 0) is 25.1 Å². The van der Waals surface area contributed by atoms with Crippen molar-refractivity contribution in [1.29, 1.82) is 0 Å². The molecule has 3 aliphatic rings. The van der Waals surface area contributed by atoms with Crippen molar-refractivity contribution in [2.45, 2.75) is 59.7 Å². The summed E-state index contributed by atoms with van der Waals surface area (Å²) in [5, 5.41) is 0. The first-order valence-corrected chi connectivity index (χ1v) is 15.4. The molecule has 1 aromatic carbocycles. The molecule has 0 aliphatic carbocycles. The maximum atomic E-state index is 6.58. The molecule has 0 bridgehead atoms. The van der Waals surface area contributed by atoms with Crippen molar-refractivity contribution in [1.82, 2.24) is 0 Å². The van der Waals surface area contributed by atoms with Crippen molar-refractivity contribution in [3.05, 3.63) is 35.9 Å². The van der Waals surface area contributed by atoms with Crippen LogP contribution in [0.25, 0.3) is 0 Å². The molecule has 7 heteroatoms. The molecule has 0 radical (unpaired) electrons. The predicted octanol–water partition coefficient (Wildman–Crippen LogP) is 2.74. The van der Waals surface area contributed by atoms with Gasteiger partial charge in [-0.25, -0.2) is 0 Å². The maximum absolute atomic E-state index is 6.58. The van der Waals surface area contributed by atoms with Gasteiger partial charge in [0.25, 0.3) is 0 Å². The second kappa shape index (κ2) is 7.42. The van der Waals surface area contributed by atoms with E-state index in [0.29, 0.717) is 6.61 Å². The molecule has 6 atom stereocenters. The van der Waals surface area contributed by atoms with Gasteiger partial charge in [0.1, 0.15) is 0 Å². The number of methoxy groups -OCH3 is 1. The Hall–Kier alpha value is -0.221. The van der Waals surface area contributed by atoms with Gasteiger partial charge in [-0.2, -0.15) is 0 Å². The van der Waals surface area contributed by atoms with Crippen LogP contribution in [0.2, 0.25) is 8.87 Å². The zero-order valence-corrected chi connectivity index (χ0v) is 17.8. The number of hydrogen-bond acceptors (Lipinski definition) is 6. The average molecular weight is 457 g/mol. The Morgan fingerprint density at radius 3 is 2.40 bits per heavy atom. The number of rotatable bonds is 4. The third-order valence-corrected chi connectivity index (χ3v) is 15.5. The molecule has 6 nitrogen and oxygen atoms in total. The molecule has 0 N–H and O–H groups in total. The van der Waals surface area contributed by atoms with Gasteiger partial charge in [0.05, 0.1) is 0 Å². The van der Waals surface area contributed by atoms with Gasteiger partial charge in [0, 0.05) is 0 Å². The molecule has 0 saturated carbocycles. The fourth-order valence-corrected chi connectivity index (χ4v) is 11.7. The summed E-state index contributed by atoms with van der Waals surface area (Å²) in [4.78, 5) is 0. The summed E-state index contributed by atoms with van der Waals surface area (Å²) >= 11 is -3.06. The first-order valence-electron chi connectivity index (χ1n) is 9.05. The van der Waals surface area contributed by atoms with Crippen molar-refractivity contribution >= 4 is 19.2 Å². The van der Waals surface area contributed by atoms with E-state index in [4.69, 9.17) is 25.1 Å². The zero-order chi connectivity index (χ0) is 17.4. The molecular weight excluding hydrogens is 431 g/mol. The van der Waals surface area contributed by atoms with E-state index in [1.807, 2.05) is 30.3 Å². The Morgan fingerprint density at radius 1 is 1.00 bits per heavy atom. The third-order valence-electron chi connectivity index (χ3n) is 5.37. The molecule has 3 aliphatic heterocycles. The number of ether oxygens (including phenoxy) is 4. The first kappa shape index (κ1) is 18.2. The topological polar surface area (TPSA) is 55.4 Å². The van der Waals surface area contributed by atoms with E-state index in [2.05, 4.69) is 13.8 Å². The van der Waals surface area contributed by atoms with E-state index in [1.54, 1.807) is 7.11 Å². The van der Waals surface area contributed by atoms with Gasteiger partial charge in [-0.15, -0.1) is 0 Å². The summed E-state index contributed by atoms with van der Waals surface area (Å²) in [6.07, 6.45) is -1.59. The van der Waals surface area contributed by atoms with Gasteiger partial charge in [0.15, 0.2) is 0 Å². The van der Waals surface area contributed by atoms with Crippen LogP contribution in [0, 0.1) is 0 Å². The van der Waals surface area contributed by atoms with Crippen molar-refractivity contribution in [3.8, 4) is 0 Å². The van der Waals surface area contributed by atoms with Crippen LogP contribution in [0.5, 0.6) is 0 Å². The molecule has 4 rings (SSSR count). The Bertz CT molecular complexity index is 580. The SMILES string of the molecule is C[CH2][Sn]1([CH2]C)[O][C@@H]2[C@H]([O]1)[C@H](OC)O[C@@H]1CO[C@H](c3ccccc3)O[C@H]21.